The number of thiazole rings is 1. The van der Waals surface area contributed by atoms with Crippen molar-refractivity contribution >= 4 is 27.5 Å². The van der Waals surface area contributed by atoms with Gasteiger partial charge in [0.25, 0.3) is 5.91 Å². The molecule has 0 radical (unpaired) electrons. The number of amides is 1. The second-order valence-electron chi connectivity index (χ2n) is 5.37. The first-order chi connectivity index (χ1) is 11.5. The first-order valence-electron chi connectivity index (χ1n) is 7.25. The minimum atomic E-state index is -1.17. The summed E-state index contributed by atoms with van der Waals surface area (Å²) >= 11 is 1.24. The molecule has 3 aromatic rings. The summed E-state index contributed by atoms with van der Waals surface area (Å²) in [6.07, 6.45) is -1.17. The highest BCUT2D eigenvalue weighted by molar-refractivity contribution is 7.20. The third kappa shape index (κ3) is 3.27. The molecule has 0 saturated carbocycles. The minimum absolute atomic E-state index is 0.186. The van der Waals surface area contributed by atoms with Gasteiger partial charge in [-0.3, -0.25) is 4.79 Å². The molecule has 3 rings (SSSR count). The molecule has 0 spiro atoms. The number of aliphatic hydroxyl groups excluding tert-OH is 1. The maximum absolute atomic E-state index is 13.3. The van der Waals surface area contributed by atoms with E-state index in [0.717, 1.165) is 22.3 Å². The molecule has 0 fully saturated rings. The van der Waals surface area contributed by atoms with Gasteiger partial charge in [0.1, 0.15) is 0 Å². The van der Waals surface area contributed by atoms with E-state index in [-0.39, 0.29) is 10.6 Å². The lowest BCUT2D eigenvalue weighted by Gasteiger charge is -2.20. The van der Waals surface area contributed by atoms with Gasteiger partial charge < -0.3 is 10.4 Å². The van der Waals surface area contributed by atoms with Gasteiger partial charge in [-0.25, -0.2) is 13.8 Å². The lowest BCUT2D eigenvalue weighted by atomic mass is 10.0. The van der Waals surface area contributed by atoms with E-state index in [2.05, 4.69) is 10.3 Å². The number of fused-ring (bicyclic) bond motifs is 1. The number of rotatable bonds is 4. The zero-order valence-corrected chi connectivity index (χ0v) is 13.5. The summed E-state index contributed by atoms with van der Waals surface area (Å²) in [6.45, 7) is 1.58. The summed E-state index contributed by atoms with van der Waals surface area (Å²) in [4.78, 5) is 16.5. The maximum atomic E-state index is 13.3. The fourth-order valence-electron chi connectivity index (χ4n) is 2.30. The smallest absolute Gasteiger partial charge is 0.280 e. The summed E-state index contributed by atoms with van der Waals surface area (Å²) in [6, 6.07) is 9.80. The van der Waals surface area contributed by atoms with Gasteiger partial charge in [-0.05, 0) is 36.8 Å². The third-order valence-electron chi connectivity index (χ3n) is 3.61. The topological polar surface area (TPSA) is 62.2 Å². The Bertz CT molecular complexity index is 864. The van der Waals surface area contributed by atoms with Crippen LogP contribution in [0, 0.1) is 11.6 Å². The van der Waals surface area contributed by atoms with E-state index in [1.807, 2.05) is 24.3 Å². The molecule has 0 saturated heterocycles. The monoisotopic (exact) mass is 348 g/mol. The van der Waals surface area contributed by atoms with E-state index in [0.29, 0.717) is 0 Å². The number of carbonyl (C=O) groups is 1. The molecular formula is C17H14F2N2O2S. The molecule has 1 aromatic heterocycles. The van der Waals surface area contributed by atoms with Gasteiger partial charge in [0.2, 0.25) is 0 Å². The highest BCUT2D eigenvalue weighted by Gasteiger charge is 2.22. The van der Waals surface area contributed by atoms with E-state index < -0.39 is 29.7 Å². The van der Waals surface area contributed by atoms with Gasteiger partial charge in [-0.1, -0.05) is 18.2 Å². The number of benzene rings is 2. The van der Waals surface area contributed by atoms with Crippen molar-refractivity contribution < 1.29 is 18.7 Å². The van der Waals surface area contributed by atoms with Crippen LogP contribution in [0.1, 0.15) is 28.4 Å². The summed E-state index contributed by atoms with van der Waals surface area (Å²) in [5, 5.41) is 13.1. The first kappa shape index (κ1) is 16.5. The third-order valence-corrected chi connectivity index (χ3v) is 4.64. The van der Waals surface area contributed by atoms with Crippen molar-refractivity contribution in [2.75, 3.05) is 0 Å². The van der Waals surface area contributed by atoms with Gasteiger partial charge in [0.05, 0.1) is 22.4 Å². The normalized spacial score (nSPS) is 13.7. The Morgan fingerprint density at radius 2 is 1.96 bits per heavy atom. The summed E-state index contributed by atoms with van der Waals surface area (Å²) < 4.78 is 27.1. The molecule has 24 heavy (non-hydrogen) atoms. The average molecular weight is 348 g/mol. The number of hydrogen-bond donors (Lipinski definition) is 2. The van der Waals surface area contributed by atoms with Crippen LogP contribution in [0.15, 0.2) is 42.5 Å². The number of aromatic nitrogens is 1. The van der Waals surface area contributed by atoms with Crippen LogP contribution in [0.4, 0.5) is 8.78 Å². The Morgan fingerprint density at radius 1 is 1.21 bits per heavy atom. The van der Waals surface area contributed by atoms with Gasteiger partial charge in [-0.15, -0.1) is 11.3 Å². The van der Waals surface area contributed by atoms with Crippen molar-refractivity contribution in [3.63, 3.8) is 0 Å². The summed E-state index contributed by atoms with van der Waals surface area (Å²) in [5.41, 5.74) is 0.910. The molecule has 0 bridgehead atoms. The molecule has 2 aromatic carbocycles. The Morgan fingerprint density at radius 3 is 2.67 bits per heavy atom. The molecule has 7 heteroatoms. The average Bonchev–Trinajstić information content (AvgIpc) is 3.01. The molecule has 2 unspecified atom stereocenters. The van der Waals surface area contributed by atoms with E-state index in [1.165, 1.54) is 17.4 Å². The van der Waals surface area contributed by atoms with Crippen LogP contribution in [0.2, 0.25) is 0 Å². The molecule has 1 heterocycles. The predicted molar refractivity (Wildman–Crippen MR) is 87.9 cm³/mol. The molecule has 0 aliphatic heterocycles. The summed E-state index contributed by atoms with van der Waals surface area (Å²) in [7, 11) is 0. The van der Waals surface area contributed by atoms with Crippen molar-refractivity contribution in [3.05, 3.63) is 64.7 Å². The first-order valence-corrected chi connectivity index (χ1v) is 8.07. The molecule has 0 aliphatic carbocycles. The van der Waals surface area contributed by atoms with Crippen molar-refractivity contribution in [1.29, 1.82) is 0 Å². The number of para-hydroxylation sites is 1. The molecule has 1 amide bonds. The number of hydrogen-bond acceptors (Lipinski definition) is 4. The van der Waals surface area contributed by atoms with Crippen LogP contribution in [0.25, 0.3) is 10.2 Å². The largest absolute Gasteiger partial charge is 0.386 e. The second kappa shape index (κ2) is 6.62. The summed E-state index contributed by atoms with van der Waals surface area (Å²) in [5.74, 6) is -2.46. The van der Waals surface area contributed by atoms with Gasteiger partial charge in [0, 0.05) is 0 Å². The minimum Gasteiger partial charge on any atom is -0.386 e. The van der Waals surface area contributed by atoms with Crippen molar-refractivity contribution in [2.24, 2.45) is 0 Å². The standard InChI is InChI=1S/C17H14F2N2O2S/c1-9(15(22)10-6-7-11(18)12(19)8-10)20-16(23)17-21-13-4-2-3-5-14(13)24-17/h2-9,15,22H,1H3,(H,20,23). The van der Waals surface area contributed by atoms with E-state index >= 15 is 0 Å². The fourth-order valence-corrected chi connectivity index (χ4v) is 3.17. The number of carbonyl (C=O) groups excluding carboxylic acids is 1. The number of nitrogens with one attached hydrogen (secondary N) is 1. The van der Waals surface area contributed by atoms with E-state index in [9.17, 15) is 18.7 Å². The van der Waals surface area contributed by atoms with E-state index in [1.54, 1.807) is 6.92 Å². The lowest BCUT2D eigenvalue weighted by molar-refractivity contribution is 0.0851. The van der Waals surface area contributed by atoms with Crippen LogP contribution >= 0.6 is 11.3 Å². The lowest BCUT2D eigenvalue weighted by Crippen LogP contribution is -2.37. The van der Waals surface area contributed by atoms with Crippen LogP contribution in [0.3, 0.4) is 0 Å². The molecular weight excluding hydrogens is 334 g/mol. The zero-order valence-electron chi connectivity index (χ0n) is 12.7. The van der Waals surface area contributed by atoms with Crippen molar-refractivity contribution in [2.45, 2.75) is 19.1 Å². The van der Waals surface area contributed by atoms with Gasteiger partial charge in [0.15, 0.2) is 16.6 Å². The highest BCUT2D eigenvalue weighted by atomic mass is 32.1. The second-order valence-corrected chi connectivity index (χ2v) is 6.40. The maximum Gasteiger partial charge on any atom is 0.280 e. The van der Waals surface area contributed by atoms with Crippen LogP contribution in [-0.2, 0) is 0 Å². The van der Waals surface area contributed by atoms with Crippen LogP contribution < -0.4 is 5.32 Å². The van der Waals surface area contributed by atoms with Gasteiger partial charge in [-0.2, -0.15) is 0 Å². The Balaban J connectivity index is 1.74. The van der Waals surface area contributed by atoms with Crippen LogP contribution in [0.5, 0.6) is 0 Å². The highest BCUT2D eigenvalue weighted by Crippen LogP contribution is 2.23. The SMILES string of the molecule is CC(NC(=O)c1nc2ccccc2s1)C(O)c1ccc(F)c(F)c1. The Kier molecular flexibility index (Phi) is 4.55. The Labute approximate surface area is 140 Å². The molecule has 4 nitrogen and oxygen atoms in total. The number of nitrogens with zero attached hydrogens (tertiary/aromatic N) is 1. The Hall–Kier alpha value is -2.38. The van der Waals surface area contributed by atoms with Crippen molar-refractivity contribution in [1.82, 2.24) is 10.3 Å². The van der Waals surface area contributed by atoms with Crippen LogP contribution in [-0.4, -0.2) is 22.0 Å². The molecule has 124 valence electrons. The predicted octanol–water partition coefficient (Wildman–Crippen LogP) is 3.43. The number of aliphatic hydroxyl groups is 1. The zero-order chi connectivity index (χ0) is 17.3. The van der Waals surface area contributed by atoms with E-state index in [4.69, 9.17) is 0 Å². The van der Waals surface area contributed by atoms with Crippen molar-refractivity contribution in [3.8, 4) is 0 Å². The molecule has 2 atom stereocenters. The van der Waals surface area contributed by atoms with Gasteiger partial charge >= 0.3 is 0 Å². The molecule has 2 N–H and O–H groups in total. The molecule has 0 aliphatic rings. The number of halogens is 2. The fraction of sp³-hybridized carbons (Fsp3) is 0.176. The quantitative estimate of drug-likeness (QED) is 0.759.